The Bertz CT molecular complexity index is 707. The zero-order chi connectivity index (χ0) is 17.2. The predicted molar refractivity (Wildman–Crippen MR) is 96.6 cm³/mol. The normalized spacial score (nSPS) is 22.3. The summed E-state index contributed by atoms with van der Waals surface area (Å²) in [4.78, 5) is 14.7. The quantitative estimate of drug-likeness (QED) is 0.817. The summed E-state index contributed by atoms with van der Waals surface area (Å²) >= 11 is 0. The Morgan fingerprint density at radius 1 is 1.20 bits per heavy atom. The van der Waals surface area contributed by atoms with Gasteiger partial charge in [0.05, 0.1) is 23.7 Å². The molecule has 0 spiro atoms. The molecule has 0 radical (unpaired) electrons. The van der Waals surface area contributed by atoms with E-state index in [1.54, 1.807) is 23.1 Å². The molecule has 2 fully saturated rings. The van der Waals surface area contributed by atoms with Gasteiger partial charge >= 0.3 is 0 Å². The lowest BCUT2D eigenvalue weighted by atomic mass is 10.1. The number of nitrogens with zero attached hydrogens (tertiary/aromatic N) is 2. The monoisotopic (exact) mass is 389 g/mol. The molecule has 1 N–H and O–H groups in total. The van der Waals surface area contributed by atoms with Crippen LogP contribution in [0.15, 0.2) is 29.2 Å². The molecule has 0 aliphatic carbocycles. The average Bonchev–Trinajstić information content (AvgIpc) is 2.62. The maximum atomic E-state index is 12.9. The standard InChI is InChI=1S/C16H23N3O4S.ClH/c1-13-12-18(7-6-17-13)16(20)14-4-2-3-5-15(14)24(21,22)19-8-10-23-11-9-19;/h2-5,13,17H,6-12H2,1H3;1H. The Balaban J connectivity index is 0.00000225. The number of rotatable bonds is 3. The third kappa shape index (κ3) is 4.32. The number of hydrogen-bond donors (Lipinski definition) is 1. The lowest BCUT2D eigenvalue weighted by Gasteiger charge is -2.33. The molecular weight excluding hydrogens is 366 g/mol. The highest BCUT2D eigenvalue weighted by molar-refractivity contribution is 7.89. The second-order valence-corrected chi connectivity index (χ2v) is 8.03. The van der Waals surface area contributed by atoms with E-state index in [4.69, 9.17) is 4.74 Å². The zero-order valence-corrected chi connectivity index (χ0v) is 15.8. The van der Waals surface area contributed by atoms with Crippen molar-refractivity contribution < 1.29 is 17.9 Å². The molecule has 7 nitrogen and oxygen atoms in total. The number of nitrogens with one attached hydrogen (secondary N) is 1. The SMILES string of the molecule is CC1CN(C(=O)c2ccccc2S(=O)(=O)N2CCOCC2)CCN1.Cl. The van der Waals surface area contributed by atoms with E-state index >= 15 is 0 Å². The molecule has 0 saturated carbocycles. The van der Waals surface area contributed by atoms with Crippen LogP contribution in [0, 0.1) is 0 Å². The van der Waals surface area contributed by atoms with Crippen LogP contribution in [0.5, 0.6) is 0 Å². The molecule has 0 bridgehead atoms. The molecule has 9 heteroatoms. The third-order valence-electron chi connectivity index (χ3n) is 4.36. The van der Waals surface area contributed by atoms with Crippen LogP contribution in [0.2, 0.25) is 0 Å². The van der Waals surface area contributed by atoms with Crippen LogP contribution in [0.1, 0.15) is 17.3 Å². The van der Waals surface area contributed by atoms with Crippen LogP contribution in [0.3, 0.4) is 0 Å². The Morgan fingerprint density at radius 3 is 2.56 bits per heavy atom. The van der Waals surface area contributed by atoms with E-state index < -0.39 is 10.0 Å². The minimum atomic E-state index is -3.70. The summed E-state index contributed by atoms with van der Waals surface area (Å²) < 4.78 is 32.5. The number of hydrogen-bond acceptors (Lipinski definition) is 5. The zero-order valence-electron chi connectivity index (χ0n) is 14.2. The van der Waals surface area contributed by atoms with Gasteiger partial charge in [0.25, 0.3) is 5.91 Å². The van der Waals surface area contributed by atoms with Gasteiger partial charge in [-0.1, -0.05) is 12.1 Å². The second-order valence-electron chi connectivity index (χ2n) is 6.12. The minimum Gasteiger partial charge on any atom is -0.379 e. The molecule has 0 aromatic heterocycles. The molecule has 3 rings (SSSR count). The van der Waals surface area contributed by atoms with Crippen molar-refractivity contribution in [3.8, 4) is 0 Å². The molecule has 1 aromatic carbocycles. The first-order valence-electron chi connectivity index (χ1n) is 8.20. The Hall–Kier alpha value is -1.19. The fourth-order valence-electron chi connectivity index (χ4n) is 3.08. The first kappa shape index (κ1) is 20.1. The molecule has 140 valence electrons. The van der Waals surface area contributed by atoms with E-state index in [9.17, 15) is 13.2 Å². The number of amides is 1. The molecule has 1 atom stereocenters. The van der Waals surface area contributed by atoms with E-state index in [2.05, 4.69) is 5.32 Å². The van der Waals surface area contributed by atoms with Crippen LogP contribution in [0.25, 0.3) is 0 Å². The van der Waals surface area contributed by atoms with Crippen molar-refractivity contribution in [3.63, 3.8) is 0 Å². The average molecular weight is 390 g/mol. The third-order valence-corrected chi connectivity index (χ3v) is 6.32. The number of halogens is 1. The maximum absolute atomic E-state index is 12.9. The summed E-state index contributed by atoms with van der Waals surface area (Å²) in [6, 6.07) is 6.68. The Kier molecular flexibility index (Phi) is 6.81. The number of morpholine rings is 1. The van der Waals surface area contributed by atoms with Gasteiger partial charge in [-0.25, -0.2) is 8.42 Å². The second kappa shape index (κ2) is 8.46. The molecule has 2 saturated heterocycles. The van der Waals surface area contributed by atoms with Crippen LogP contribution in [0.4, 0.5) is 0 Å². The fourth-order valence-corrected chi connectivity index (χ4v) is 4.67. The minimum absolute atomic E-state index is 0. The Labute approximate surface area is 154 Å². The van der Waals surface area contributed by atoms with Gasteiger partial charge in [0, 0.05) is 38.8 Å². The van der Waals surface area contributed by atoms with Crippen LogP contribution in [-0.2, 0) is 14.8 Å². The van der Waals surface area contributed by atoms with Crippen LogP contribution >= 0.6 is 12.4 Å². The molecular formula is C16H24ClN3O4S. The van der Waals surface area contributed by atoms with E-state index in [1.807, 2.05) is 6.92 Å². The number of sulfonamides is 1. The van der Waals surface area contributed by atoms with E-state index in [0.717, 1.165) is 0 Å². The first-order chi connectivity index (χ1) is 11.5. The number of carbonyl (C=O) groups excluding carboxylic acids is 1. The van der Waals surface area contributed by atoms with Gasteiger partial charge in [-0.3, -0.25) is 4.79 Å². The molecule has 2 aliphatic rings. The van der Waals surface area contributed by atoms with Crippen LogP contribution in [-0.4, -0.2) is 75.5 Å². The number of benzene rings is 1. The fraction of sp³-hybridized carbons (Fsp3) is 0.562. The van der Waals surface area contributed by atoms with Crippen molar-refractivity contribution in [2.75, 3.05) is 45.9 Å². The topological polar surface area (TPSA) is 79.0 Å². The summed E-state index contributed by atoms with van der Waals surface area (Å²) in [5.74, 6) is -0.226. The smallest absolute Gasteiger partial charge is 0.255 e. The number of piperazine rings is 1. The van der Waals surface area contributed by atoms with Crippen molar-refractivity contribution in [3.05, 3.63) is 29.8 Å². The van der Waals surface area contributed by atoms with Crippen LogP contribution < -0.4 is 5.32 Å². The highest BCUT2D eigenvalue weighted by atomic mass is 35.5. The van der Waals surface area contributed by atoms with Gasteiger partial charge in [-0.15, -0.1) is 12.4 Å². The summed E-state index contributed by atoms with van der Waals surface area (Å²) in [5, 5.41) is 3.28. The van der Waals surface area contributed by atoms with Crippen molar-refractivity contribution in [1.29, 1.82) is 0 Å². The van der Waals surface area contributed by atoms with Crippen molar-refractivity contribution in [2.24, 2.45) is 0 Å². The largest absolute Gasteiger partial charge is 0.379 e. The highest BCUT2D eigenvalue weighted by Crippen LogP contribution is 2.23. The van der Waals surface area contributed by atoms with Gasteiger partial charge in [0.2, 0.25) is 10.0 Å². The molecule has 1 amide bonds. The van der Waals surface area contributed by atoms with Gasteiger partial charge in [-0.05, 0) is 19.1 Å². The first-order valence-corrected chi connectivity index (χ1v) is 9.64. The van der Waals surface area contributed by atoms with Gasteiger partial charge in [-0.2, -0.15) is 4.31 Å². The maximum Gasteiger partial charge on any atom is 0.255 e. The molecule has 1 unspecified atom stereocenters. The van der Waals surface area contributed by atoms with Gasteiger partial charge < -0.3 is 15.0 Å². The van der Waals surface area contributed by atoms with Crippen molar-refractivity contribution >= 4 is 28.3 Å². The lowest BCUT2D eigenvalue weighted by Crippen LogP contribution is -2.51. The molecule has 1 aromatic rings. The van der Waals surface area contributed by atoms with Crippen molar-refractivity contribution in [1.82, 2.24) is 14.5 Å². The number of ether oxygens (including phenoxy) is 1. The summed E-state index contributed by atoms with van der Waals surface area (Å²) in [6.45, 7) is 5.27. The van der Waals surface area contributed by atoms with Gasteiger partial charge in [0.15, 0.2) is 0 Å². The summed E-state index contributed by atoms with van der Waals surface area (Å²) in [5.41, 5.74) is 0.248. The number of carbonyl (C=O) groups is 1. The summed E-state index contributed by atoms with van der Waals surface area (Å²) in [6.07, 6.45) is 0. The predicted octanol–water partition coefficient (Wildman–Crippen LogP) is 0.563. The molecule has 2 heterocycles. The van der Waals surface area contributed by atoms with E-state index in [1.165, 1.54) is 10.4 Å². The van der Waals surface area contributed by atoms with E-state index in [-0.39, 0.29) is 34.8 Å². The van der Waals surface area contributed by atoms with E-state index in [0.29, 0.717) is 45.9 Å². The lowest BCUT2D eigenvalue weighted by molar-refractivity contribution is 0.0700. The molecule has 2 aliphatic heterocycles. The van der Waals surface area contributed by atoms with Crippen molar-refractivity contribution in [2.45, 2.75) is 17.9 Å². The Morgan fingerprint density at radius 2 is 1.88 bits per heavy atom. The summed E-state index contributed by atoms with van der Waals surface area (Å²) in [7, 11) is -3.70. The molecule has 25 heavy (non-hydrogen) atoms. The van der Waals surface area contributed by atoms with Gasteiger partial charge in [0.1, 0.15) is 0 Å². The highest BCUT2D eigenvalue weighted by Gasteiger charge is 2.32.